The SMILES string of the molecule is CCc1cnc(-n2cc(-c3cncnn3)cn2)c2ccccc12. The molecule has 23 heavy (non-hydrogen) atoms. The minimum atomic E-state index is 0.688. The van der Waals surface area contributed by atoms with Gasteiger partial charge in [0, 0.05) is 23.3 Å². The predicted molar refractivity (Wildman–Crippen MR) is 87.1 cm³/mol. The largest absolute Gasteiger partial charge is 0.241 e. The summed E-state index contributed by atoms with van der Waals surface area (Å²) in [4.78, 5) is 8.59. The molecule has 3 aromatic heterocycles. The quantitative estimate of drug-likeness (QED) is 0.582. The first-order valence-electron chi connectivity index (χ1n) is 7.41. The smallest absolute Gasteiger partial charge is 0.161 e. The highest BCUT2D eigenvalue weighted by molar-refractivity contribution is 5.91. The van der Waals surface area contributed by atoms with Crippen molar-refractivity contribution in [3.8, 4) is 17.1 Å². The van der Waals surface area contributed by atoms with E-state index >= 15 is 0 Å². The number of benzene rings is 1. The average molecular weight is 302 g/mol. The minimum absolute atomic E-state index is 0.688. The van der Waals surface area contributed by atoms with Crippen molar-refractivity contribution in [3.05, 3.63) is 60.9 Å². The summed E-state index contributed by atoms with van der Waals surface area (Å²) in [5.74, 6) is 0.806. The molecule has 0 spiro atoms. The van der Waals surface area contributed by atoms with Crippen LogP contribution in [0.2, 0.25) is 0 Å². The number of nitrogens with zero attached hydrogens (tertiary/aromatic N) is 6. The Balaban J connectivity index is 1.86. The molecule has 112 valence electrons. The summed E-state index contributed by atoms with van der Waals surface area (Å²) in [6, 6.07) is 8.26. The van der Waals surface area contributed by atoms with E-state index in [-0.39, 0.29) is 0 Å². The van der Waals surface area contributed by atoms with E-state index in [4.69, 9.17) is 0 Å². The topological polar surface area (TPSA) is 69.4 Å². The number of hydrogen-bond donors (Lipinski definition) is 0. The molecule has 3 heterocycles. The van der Waals surface area contributed by atoms with Crippen LogP contribution in [-0.4, -0.2) is 29.9 Å². The summed E-state index contributed by atoms with van der Waals surface area (Å²) in [6.07, 6.45) is 9.58. The molecule has 0 radical (unpaired) electrons. The van der Waals surface area contributed by atoms with Gasteiger partial charge in [0.15, 0.2) is 5.82 Å². The fourth-order valence-electron chi connectivity index (χ4n) is 2.65. The third-order valence-electron chi connectivity index (χ3n) is 3.81. The zero-order valence-electron chi connectivity index (χ0n) is 12.6. The van der Waals surface area contributed by atoms with Gasteiger partial charge in [-0.05, 0) is 17.4 Å². The van der Waals surface area contributed by atoms with Gasteiger partial charge in [0.1, 0.15) is 12.0 Å². The van der Waals surface area contributed by atoms with Gasteiger partial charge >= 0.3 is 0 Å². The first-order chi connectivity index (χ1) is 11.4. The van der Waals surface area contributed by atoms with Crippen molar-refractivity contribution in [2.45, 2.75) is 13.3 Å². The van der Waals surface area contributed by atoms with E-state index < -0.39 is 0 Å². The molecule has 0 bridgehead atoms. The lowest BCUT2D eigenvalue weighted by Crippen LogP contribution is -2.00. The Labute approximate surface area is 132 Å². The molecule has 0 aliphatic rings. The van der Waals surface area contributed by atoms with Gasteiger partial charge in [-0.15, -0.1) is 10.2 Å². The molecule has 0 saturated heterocycles. The zero-order chi connectivity index (χ0) is 15.6. The van der Waals surface area contributed by atoms with Crippen molar-refractivity contribution in [1.29, 1.82) is 0 Å². The van der Waals surface area contributed by atoms with Crippen molar-refractivity contribution in [3.63, 3.8) is 0 Å². The van der Waals surface area contributed by atoms with Crippen LogP contribution >= 0.6 is 0 Å². The Morgan fingerprint density at radius 3 is 2.70 bits per heavy atom. The van der Waals surface area contributed by atoms with Gasteiger partial charge in [0.05, 0.1) is 12.4 Å². The molecule has 0 atom stereocenters. The number of fused-ring (bicyclic) bond motifs is 1. The fraction of sp³-hybridized carbons (Fsp3) is 0.118. The molecule has 0 fully saturated rings. The molecule has 0 N–H and O–H groups in total. The van der Waals surface area contributed by atoms with Crippen molar-refractivity contribution in [2.75, 3.05) is 0 Å². The first-order valence-corrected chi connectivity index (χ1v) is 7.41. The fourth-order valence-corrected chi connectivity index (χ4v) is 2.65. The Morgan fingerprint density at radius 1 is 1.04 bits per heavy atom. The maximum Gasteiger partial charge on any atom is 0.161 e. The third kappa shape index (κ3) is 2.34. The van der Waals surface area contributed by atoms with Crippen LogP contribution < -0.4 is 0 Å². The summed E-state index contributed by atoms with van der Waals surface area (Å²) >= 11 is 0. The zero-order valence-corrected chi connectivity index (χ0v) is 12.6. The Morgan fingerprint density at radius 2 is 1.91 bits per heavy atom. The summed E-state index contributed by atoms with van der Waals surface area (Å²) in [5.41, 5.74) is 2.78. The van der Waals surface area contributed by atoms with Crippen molar-refractivity contribution in [1.82, 2.24) is 29.9 Å². The van der Waals surface area contributed by atoms with Crippen LogP contribution in [0.3, 0.4) is 0 Å². The second kappa shape index (κ2) is 5.57. The van der Waals surface area contributed by atoms with Crippen LogP contribution in [0.15, 0.2) is 55.4 Å². The van der Waals surface area contributed by atoms with Crippen LogP contribution in [-0.2, 0) is 6.42 Å². The van der Waals surface area contributed by atoms with Crippen LogP contribution in [0.1, 0.15) is 12.5 Å². The lowest BCUT2D eigenvalue weighted by Gasteiger charge is -2.09. The standard InChI is InChI=1S/C17H14N6/c1-2-12-7-19-17(15-6-4-3-5-14(12)15)23-10-13(8-21-23)16-9-18-11-20-22-16/h3-11H,2H2,1H3. The molecule has 0 saturated carbocycles. The minimum Gasteiger partial charge on any atom is -0.241 e. The normalized spacial score (nSPS) is 11.0. The van der Waals surface area contributed by atoms with Crippen LogP contribution in [0.25, 0.3) is 27.8 Å². The highest BCUT2D eigenvalue weighted by Gasteiger charge is 2.10. The molecule has 1 aromatic carbocycles. The van der Waals surface area contributed by atoms with Gasteiger partial charge in [-0.25, -0.2) is 14.6 Å². The molecule has 6 nitrogen and oxygen atoms in total. The molecule has 4 rings (SSSR count). The van der Waals surface area contributed by atoms with E-state index in [1.54, 1.807) is 17.1 Å². The van der Waals surface area contributed by atoms with Crippen molar-refractivity contribution < 1.29 is 0 Å². The first kappa shape index (κ1) is 13.5. The molecular weight excluding hydrogens is 288 g/mol. The molecule has 0 amide bonds. The maximum atomic E-state index is 4.60. The summed E-state index contributed by atoms with van der Waals surface area (Å²) in [6.45, 7) is 2.14. The highest BCUT2D eigenvalue weighted by Crippen LogP contribution is 2.25. The van der Waals surface area contributed by atoms with Gasteiger partial charge in [-0.2, -0.15) is 5.10 Å². The summed E-state index contributed by atoms with van der Waals surface area (Å²) in [5, 5.41) is 14.6. The third-order valence-corrected chi connectivity index (χ3v) is 3.81. The number of rotatable bonds is 3. The van der Waals surface area contributed by atoms with Gasteiger partial charge in [0.2, 0.25) is 0 Å². The van der Waals surface area contributed by atoms with Crippen molar-refractivity contribution >= 4 is 10.8 Å². The number of aromatic nitrogens is 6. The molecular formula is C17H14N6. The van der Waals surface area contributed by atoms with Crippen LogP contribution in [0.4, 0.5) is 0 Å². The van der Waals surface area contributed by atoms with Crippen LogP contribution in [0.5, 0.6) is 0 Å². The van der Waals surface area contributed by atoms with Gasteiger partial charge in [-0.3, -0.25) is 0 Å². The lowest BCUT2D eigenvalue weighted by atomic mass is 10.1. The van der Waals surface area contributed by atoms with E-state index in [0.29, 0.717) is 5.69 Å². The molecule has 0 unspecified atom stereocenters. The molecule has 6 heteroatoms. The second-order valence-electron chi connectivity index (χ2n) is 5.17. The summed E-state index contributed by atoms with van der Waals surface area (Å²) in [7, 11) is 0. The predicted octanol–water partition coefficient (Wildman–Crippen LogP) is 2.83. The molecule has 0 aliphatic heterocycles. The molecule has 4 aromatic rings. The van der Waals surface area contributed by atoms with E-state index in [1.165, 1.54) is 17.3 Å². The lowest BCUT2D eigenvalue weighted by molar-refractivity contribution is 0.853. The number of pyridine rings is 1. The maximum absolute atomic E-state index is 4.60. The van der Waals surface area contributed by atoms with E-state index in [9.17, 15) is 0 Å². The highest BCUT2D eigenvalue weighted by atomic mass is 15.3. The van der Waals surface area contributed by atoms with Crippen molar-refractivity contribution in [2.24, 2.45) is 0 Å². The number of aryl methyl sites for hydroxylation is 1. The van der Waals surface area contributed by atoms with Gasteiger partial charge in [-0.1, -0.05) is 31.2 Å². The van der Waals surface area contributed by atoms with Gasteiger partial charge < -0.3 is 0 Å². The van der Waals surface area contributed by atoms with Gasteiger partial charge in [0.25, 0.3) is 0 Å². The van der Waals surface area contributed by atoms with Crippen LogP contribution in [0, 0.1) is 0 Å². The number of hydrogen-bond acceptors (Lipinski definition) is 5. The molecule has 0 aliphatic carbocycles. The Bertz CT molecular complexity index is 961. The summed E-state index contributed by atoms with van der Waals surface area (Å²) < 4.78 is 1.77. The Hall–Kier alpha value is -3.15. The Kier molecular flexibility index (Phi) is 3.27. The monoisotopic (exact) mass is 302 g/mol. The van der Waals surface area contributed by atoms with E-state index in [2.05, 4.69) is 44.3 Å². The van der Waals surface area contributed by atoms with E-state index in [0.717, 1.165) is 23.2 Å². The second-order valence-corrected chi connectivity index (χ2v) is 5.17. The van der Waals surface area contributed by atoms with E-state index in [1.807, 2.05) is 24.5 Å². The average Bonchev–Trinajstić information content (AvgIpc) is 3.11.